The van der Waals surface area contributed by atoms with Crippen LogP contribution in [0.15, 0.2) is 0 Å². The topological polar surface area (TPSA) is 118 Å². The number of aliphatic hydroxyl groups is 5. The van der Waals surface area contributed by atoms with E-state index in [9.17, 15) is 20.1 Å². The van der Waals surface area contributed by atoms with Crippen LogP contribution in [0.5, 0.6) is 0 Å². The molecule has 0 aliphatic carbocycles. The number of halogens is 1. The first-order valence-electron chi connectivity index (χ1n) is 4.33. The summed E-state index contributed by atoms with van der Waals surface area (Å²) < 4.78 is 0. The number of aliphatic hydroxyl groups excluding tert-OH is 5. The minimum atomic E-state index is -1.83. The lowest BCUT2D eigenvalue weighted by molar-refractivity contribution is -0.146. The fourth-order valence-electron chi connectivity index (χ4n) is 0.926. The van der Waals surface area contributed by atoms with Crippen LogP contribution in [0.2, 0.25) is 0 Å². The molecule has 1 unspecified atom stereocenters. The van der Waals surface area contributed by atoms with Gasteiger partial charge in [0.15, 0.2) is 5.78 Å². The van der Waals surface area contributed by atoms with Crippen LogP contribution in [0.25, 0.3) is 0 Å². The maximum absolute atomic E-state index is 11.2. The van der Waals surface area contributed by atoms with Crippen molar-refractivity contribution in [2.75, 3.05) is 6.61 Å². The molecule has 0 radical (unpaired) electrons. The summed E-state index contributed by atoms with van der Waals surface area (Å²) >= 11 is 2.90. The van der Waals surface area contributed by atoms with Gasteiger partial charge in [-0.3, -0.25) is 4.79 Å². The van der Waals surface area contributed by atoms with E-state index in [0.29, 0.717) is 0 Å². The molecule has 15 heavy (non-hydrogen) atoms. The average Bonchev–Trinajstić information content (AvgIpc) is 2.23. The highest BCUT2D eigenvalue weighted by molar-refractivity contribution is 9.10. The maximum atomic E-state index is 11.2. The number of carbonyl (C=O) groups excluding carboxylic acids is 1. The van der Waals surface area contributed by atoms with E-state index in [4.69, 9.17) is 10.2 Å². The molecule has 6 nitrogen and oxygen atoms in total. The predicted octanol–water partition coefficient (Wildman–Crippen LogP) is -2.23. The van der Waals surface area contributed by atoms with Crippen molar-refractivity contribution in [1.29, 1.82) is 0 Å². The van der Waals surface area contributed by atoms with Gasteiger partial charge in [0.2, 0.25) is 0 Å². The van der Waals surface area contributed by atoms with E-state index in [1.165, 1.54) is 6.92 Å². The second-order valence-corrected chi connectivity index (χ2v) is 4.57. The van der Waals surface area contributed by atoms with Crippen molar-refractivity contribution in [3.8, 4) is 0 Å². The van der Waals surface area contributed by atoms with E-state index in [2.05, 4.69) is 15.9 Å². The zero-order valence-electron chi connectivity index (χ0n) is 8.12. The lowest BCUT2D eigenvalue weighted by Crippen LogP contribution is -2.49. The molecule has 90 valence electrons. The first kappa shape index (κ1) is 14.9. The van der Waals surface area contributed by atoms with Gasteiger partial charge < -0.3 is 25.5 Å². The van der Waals surface area contributed by atoms with Crippen LogP contribution in [0.4, 0.5) is 0 Å². The summed E-state index contributed by atoms with van der Waals surface area (Å²) in [6.07, 6.45) is -7.02. The van der Waals surface area contributed by atoms with Gasteiger partial charge in [-0.05, 0) is 6.92 Å². The number of hydrogen-bond donors (Lipinski definition) is 5. The molecule has 0 saturated carbocycles. The Labute approximate surface area is 95.3 Å². The van der Waals surface area contributed by atoms with Gasteiger partial charge >= 0.3 is 0 Å². The molecular formula is C8H15BrO6. The number of hydrogen-bond acceptors (Lipinski definition) is 6. The summed E-state index contributed by atoms with van der Waals surface area (Å²) in [5, 5.41) is 45.2. The Balaban J connectivity index is 4.43. The summed E-state index contributed by atoms with van der Waals surface area (Å²) in [6, 6.07) is 0. The van der Waals surface area contributed by atoms with Crippen LogP contribution >= 0.6 is 15.9 Å². The van der Waals surface area contributed by atoms with Gasteiger partial charge in [0.05, 0.1) is 11.4 Å². The van der Waals surface area contributed by atoms with E-state index in [1.54, 1.807) is 0 Å². The number of alkyl halides is 1. The predicted molar refractivity (Wildman–Crippen MR) is 54.5 cm³/mol. The summed E-state index contributed by atoms with van der Waals surface area (Å²) in [7, 11) is 0. The molecule has 0 aromatic heterocycles. The molecule has 0 aliphatic rings. The SMILES string of the molecule is CC(Br)C(=O)[C@@H](O)[C@@H](O)[C@H](O)[C@H](O)CO. The number of carbonyl (C=O) groups is 1. The van der Waals surface area contributed by atoms with Gasteiger partial charge in [-0.2, -0.15) is 0 Å². The molecule has 0 amide bonds. The standard InChI is InChI=1S/C8H15BrO6/c1-3(9)5(12)7(14)8(15)6(13)4(11)2-10/h3-4,6-8,10-11,13-15H,2H2,1H3/t3?,4-,6-,7-,8+/m1/s1. The van der Waals surface area contributed by atoms with Crippen molar-refractivity contribution >= 4 is 21.7 Å². The van der Waals surface area contributed by atoms with Crippen molar-refractivity contribution in [1.82, 2.24) is 0 Å². The average molecular weight is 287 g/mol. The highest BCUT2D eigenvalue weighted by Crippen LogP contribution is 2.10. The van der Waals surface area contributed by atoms with E-state index in [1.807, 2.05) is 0 Å². The molecule has 5 N–H and O–H groups in total. The number of ketones is 1. The molecule has 0 bridgehead atoms. The Morgan fingerprint density at radius 3 is 2.00 bits per heavy atom. The third-order valence-corrected chi connectivity index (χ3v) is 2.39. The van der Waals surface area contributed by atoms with Crippen molar-refractivity contribution in [2.45, 2.75) is 36.2 Å². The molecular weight excluding hydrogens is 272 g/mol. The highest BCUT2D eigenvalue weighted by atomic mass is 79.9. The maximum Gasteiger partial charge on any atom is 0.177 e. The monoisotopic (exact) mass is 286 g/mol. The van der Waals surface area contributed by atoms with Crippen molar-refractivity contribution in [3.63, 3.8) is 0 Å². The number of rotatable bonds is 6. The second kappa shape index (κ2) is 6.51. The lowest BCUT2D eigenvalue weighted by atomic mass is 9.99. The Hall–Kier alpha value is -0.0500. The molecule has 0 spiro atoms. The Morgan fingerprint density at radius 1 is 1.20 bits per heavy atom. The van der Waals surface area contributed by atoms with Crippen LogP contribution < -0.4 is 0 Å². The number of Topliss-reactive ketones (excluding diaryl/α,β-unsaturated/α-hetero) is 1. The molecule has 0 heterocycles. The fraction of sp³-hybridized carbons (Fsp3) is 0.875. The molecule has 0 rings (SSSR count). The highest BCUT2D eigenvalue weighted by Gasteiger charge is 2.35. The molecule has 0 aromatic carbocycles. The molecule has 0 saturated heterocycles. The van der Waals surface area contributed by atoms with E-state index in [-0.39, 0.29) is 0 Å². The zero-order chi connectivity index (χ0) is 12.2. The van der Waals surface area contributed by atoms with Crippen molar-refractivity contribution in [2.24, 2.45) is 0 Å². The van der Waals surface area contributed by atoms with Gasteiger partial charge in [-0.1, -0.05) is 15.9 Å². The second-order valence-electron chi connectivity index (χ2n) is 3.19. The van der Waals surface area contributed by atoms with Gasteiger partial charge in [-0.25, -0.2) is 0 Å². The van der Waals surface area contributed by atoms with Gasteiger partial charge in [-0.15, -0.1) is 0 Å². The van der Waals surface area contributed by atoms with Crippen LogP contribution in [-0.2, 0) is 4.79 Å². The van der Waals surface area contributed by atoms with Crippen LogP contribution in [0, 0.1) is 0 Å². The van der Waals surface area contributed by atoms with Crippen LogP contribution in [0.1, 0.15) is 6.92 Å². The minimum Gasteiger partial charge on any atom is -0.394 e. The summed E-state index contributed by atoms with van der Waals surface area (Å²) in [4.78, 5) is 10.5. The Morgan fingerprint density at radius 2 is 1.67 bits per heavy atom. The molecule has 0 aromatic rings. The van der Waals surface area contributed by atoms with E-state index >= 15 is 0 Å². The smallest absolute Gasteiger partial charge is 0.177 e. The third-order valence-electron chi connectivity index (χ3n) is 1.94. The summed E-state index contributed by atoms with van der Waals surface area (Å²) in [6.45, 7) is 0.677. The van der Waals surface area contributed by atoms with Crippen LogP contribution in [0.3, 0.4) is 0 Å². The third kappa shape index (κ3) is 4.13. The van der Waals surface area contributed by atoms with E-state index in [0.717, 1.165) is 0 Å². The van der Waals surface area contributed by atoms with E-state index < -0.39 is 41.6 Å². The quantitative estimate of drug-likeness (QED) is 0.353. The molecule has 7 heteroatoms. The van der Waals surface area contributed by atoms with Gasteiger partial charge in [0, 0.05) is 0 Å². The summed E-state index contributed by atoms with van der Waals surface area (Å²) in [5.74, 6) is -0.716. The van der Waals surface area contributed by atoms with Crippen molar-refractivity contribution < 1.29 is 30.3 Å². The van der Waals surface area contributed by atoms with Crippen molar-refractivity contribution in [3.05, 3.63) is 0 Å². The first-order valence-corrected chi connectivity index (χ1v) is 5.25. The van der Waals surface area contributed by atoms with Gasteiger partial charge in [0.1, 0.15) is 24.4 Å². The van der Waals surface area contributed by atoms with Crippen LogP contribution in [-0.4, -0.2) is 67.2 Å². The first-order chi connectivity index (χ1) is 6.82. The summed E-state index contributed by atoms with van der Waals surface area (Å²) in [5.41, 5.74) is 0. The Bertz CT molecular complexity index is 209. The normalized spacial score (nSPS) is 21.5. The largest absolute Gasteiger partial charge is 0.394 e. The lowest BCUT2D eigenvalue weighted by Gasteiger charge is -2.25. The molecule has 5 atom stereocenters. The minimum absolute atomic E-state index is 0.680. The molecule has 0 aliphatic heterocycles. The Kier molecular flexibility index (Phi) is 6.49. The van der Waals surface area contributed by atoms with Gasteiger partial charge in [0.25, 0.3) is 0 Å². The fourth-order valence-corrected chi connectivity index (χ4v) is 1.20. The molecule has 0 fully saturated rings. The zero-order valence-corrected chi connectivity index (χ0v) is 9.70.